The largest absolute Gasteiger partial charge is 0.483 e. The summed E-state index contributed by atoms with van der Waals surface area (Å²) in [6.45, 7) is 7.81. The van der Waals surface area contributed by atoms with E-state index in [1.54, 1.807) is 31.2 Å². The van der Waals surface area contributed by atoms with Crippen LogP contribution in [0.2, 0.25) is 0 Å². The fraction of sp³-hybridized carbons (Fsp3) is 0.300. The first kappa shape index (κ1) is 18.5. The molecule has 5 heteroatoms. The van der Waals surface area contributed by atoms with Crippen LogP contribution in [-0.2, 0) is 9.53 Å². The maximum absolute atomic E-state index is 12.2. The van der Waals surface area contributed by atoms with Gasteiger partial charge in [-0.1, -0.05) is 18.2 Å². The molecule has 5 nitrogen and oxygen atoms in total. The van der Waals surface area contributed by atoms with Crippen LogP contribution >= 0.6 is 0 Å². The quantitative estimate of drug-likeness (QED) is 0.812. The lowest BCUT2D eigenvalue weighted by Crippen LogP contribution is -2.22. The Morgan fingerprint density at radius 3 is 2.52 bits per heavy atom. The van der Waals surface area contributed by atoms with Crippen LogP contribution in [-0.4, -0.2) is 25.1 Å². The van der Waals surface area contributed by atoms with Gasteiger partial charge in [-0.05, 0) is 62.6 Å². The van der Waals surface area contributed by atoms with Crippen LogP contribution in [0.25, 0.3) is 0 Å². The van der Waals surface area contributed by atoms with Gasteiger partial charge >= 0.3 is 5.97 Å². The molecule has 0 bridgehead atoms. The highest BCUT2D eigenvalue weighted by Crippen LogP contribution is 2.23. The summed E-state index contributed by atoms with van der Waals surface area (Å²) in [4.78, 5) is 24.2. The van der Waals surface area contributed by atoms with Crippen molar-refractivity contribution in [1.82, 2.24) is 0 Å². The molecule has 0 unspecified atom stereocenters. The smallest absolute Gasteiger partial charge is 0.340 e. The second kappa shape index (κ2) is 8.33. The Balaban J connectivity index is 2.06. The van der Waals surface area contributed by atoms with E-state index in [9.17, 15) is 9.59 Å². The Bertz CT molecular complexity index is 783. The van der Waals surface area contributed by atoms with Gasteiger partial charge in [0.15, 0.2) is 6.61 Å². The van der Waals surface area contributed by atoms with E-state index in [4.69, 9.17) is 9.47 Å². The Morgan fingerprint density at radius 2 is 1.80 bits per heavy atom. The molecule has 0 saturated carbocycles. The third-order valence-corrected chi connectivity index (χ3v) is 3.82. The lowest BCUT2D eigenvalue weighted by molar-refractivity contribution is -0.118. The third-order valence-electron chi connectivity index (χ3n) is 3.82. The highest BCUT2D eigenvalue weighted by atomic mass is 16.5. The summed E-state index contributed by atoms with van der Waals surface area (Å²) in [6, 6.07) is 10.7. The van der Waals surface area contributed by atoms with Gasteiger partial charge in [0.1, 0.15) is 5.75 Å². The van der Waals surface area contributed by atoms with E-state index in [1.165, 1.54) is 0 Å². The van der Waals surface area contributed by atoms with E-state index in [1.807, 2.05) is 26.8 Å². The molecule has 132 valence electrons. The van der Waals surface area contributed by atoms with Crippen LogP contribution in [0, 0.1) is 20.8 Å². The van der Waals surface area contributed by atoms with Crippen molar-refractivity contribution in [3.05, 3.63) is 58.7 Å². The molecule has 0 fully saturated rings. The van der Waals surface area contributed by atoms with Crippen molar-refractivity contribution >= 4 is 17.6 Å². The van der Waals surface area contributed by atoms with Crippen LogP contribution in [0.15, 0.2) is 36.4 Å². The van der Waals surface area contributed by atoms with Gasteiger partial charge in [-0.15, -0.1) is 0 Å². The highest BCUT2D eigenvalue weighted by Gasteiger charge is 2.14. The first-order valence-corrected chi connectivity index (χ1v) is 8.19. The van der Waals surface area contributed by atoms with Crippen LogP contribution in [0.3, 0.4) is 0 Å². The summed E-state index contributed by atoms with van der Waals surface area (Å²) in [5.41, 5.74) is 3.92. The molecule has 0 saturated heterocycles. The zero-order valence-corrected chi connectivity index (χ0v) is 15.0. The number of hydrogen-bond donors (Lipinski definition) is 1. The molecule has 0 aliphatic heterocycles. The standard InChI is InChI=1S/C20H23NO4/c1-5-24-20(23)16-8-6-7-9-17(16)21-19(22)12-25-18-11-13(2)10-14(3)15(18)4/h6-11H,5,12H2,1-4H3,(H,21,22). The van der Waals surface area contributed by atoms with E-state index in [0.29, 0.717) is 17.0 Å². The number of esters is 1. The lowest BCUT2D eigenvalue weighted by Gasteiger charge is -2.13. The Labute approximate surface area is 148 Å². The number of hydrogen-bond acceptors (Lipinski definition) is 4. The molecule has 1 N–H and O–H groups in total. The molecule has 0 radical (unpaired) electrons. The van der Waals surface area contributed by atoms with Gasteiger partial charge < -0.3 is 14.8 Å². The van der Waals surface area contributed by atoms with Crippen LogP contribution in [0.5, 0.6) is 5.75 Å². The van der Waals surface area contributed by atoms with Crippen LogP contribution in [0.4, 0.5) is 5.69 Å². The Kier molecular flexibility index (Phi) is 6.17. The van der Waals surface area contributed by atoms with Gasteiger partial charge in [0, 0.05) is 0 Å². The van der Waals surface area contributed by atoms with Gasteiger partial charge in [-0.25, -0.2) is 4.79 Å². The number of benzene rings is 2. The molecule has 2 rings (SSSR count). The lowest BCUT2D eigenvalue weighted by atomic mass is 10.1. The number of ether oxygens (including phenoxy) is 2. The number of amides is 1. The number of carbonyl (C=O) groups excluding carboxylic acids is 2. The molecule has 1 amide bonds. The van der Waals surface area contributed by atoms with Crippen LogP contribution < -0.4 is 10.1 Å². The average Bonchev–Trinajstić information content (AvgIpc) is 2.57. The van der Waals surface area contributed by atoms with Crippen molar-refractivity contribution in [2.75, 3.05) is 18.5 Å². The minimum Gasteiger partial charge on any atom is -0.483 e. The molecule has 25 heavy (non-hydrogen) atoms. The van der Waals surface area contributed by atoms with Gasteiger partial charge in [0.2, 0.25) is 0 Å². The molecule has 2 aromatic carbocycles. The molecule has 0 aliphatic rings. The van der Waals surface area contributed by atoms with E-state index in [-0.39, 0.29) is 19.1 Å². The molecular formula is C20H23NO4. The summed E-state index contributed by atoms with van der Waals surface area (Å²) < 4.78 is 10.7. The van der Waals surface area contributed by atoms with Gasteiger partial charge in [0.05, 0.1) is 17.9 Å². The molecule has 2 aromatic rings. The van der Waals surface area contributed by atoms with Crippen molar-refractivity contribution in [3.63, 3.8) is 0 Å². The SMILES string of the molecule is CCOC(=O)c1ccccc1NC(=O)COc1cc(C)cc(C)c1C. The van der Waals surface area contributed by atoms with Gasteiger partial charge in [0.25, 0.3) is 5.91 Å². The second-order valence-electron chi connectivity index (χ2n) is 5.81. The van der Waals surface area contributed by atoms with Crippen LogP contribution in [0.1, 0.15) is 34.0 Å². The zero-order chi connectivity index (χ0) is 18.4. The van der Waals surface area contributed by atoms with Crippen molar-refractivity contribution in [3.8, 4) is 5.75 Å². The van der Waals surface area contributed by atoms with E-state index < -0.39 is 5.97 Å². The maximum atomic E-state index is 12.2. The average molecular weight is 341 g/mol. The second-order valence-corrected chi connectivity index (χ2v) is 5.81. The fourth-order valence-electron chi connectivity index (χ4n) is 2.46. The van der Waals surface area contributed by atoms with Crippen molar-refractivity contribution < 1.29 is 19.1 Å². The van der Waals surface area contributed by atoms with E-state index >= 15 is 0 Å². The maximum Gasteiger partial charge on any atom is 0.340 e. The van der Waals surface area contributed by atoms with Crippen molar-refractivity contribution in [2.45, 2.75) is 27.7 Å². The van der Waals surface area contributed by atoms with Gasteiger partial charge in [-0.2, -0.15) is 0 Å². The highest BCUT2D eigenvalue weighted by molar-refractivity contribution is 6.01. The molecule has 0 spiro atoms. The Hall–Kier alpha value is -2.82. The first-order valence-electron chi connectivity index (χ1n) is 8.19. The predicted molar refractivity (Wildman–Crippen MR) is 97.2 cm³/mol. The minimum absolute atomic E-state index is 0.138. The predicted octanol–water partition coefficient (Wildman–Crippen LogP) is 3.81. The number of nitrogens with one attached hydrogen (secondary N) is 1. The summed E-state index contributed by atoms with van der Waals surface area (Å²) in [7, 11) is 0. The number of aryl methyl sites for hydroxylation is 2. The topological polar surface area (TPSA) is 64.6 Å². The molecular weight excluding hydrogens is 318 g/mol. The summed E-state index contributed by atoms with van der Waals surface area (Å²) in [6.07, 6.45) is 0. The minimum atomic E-state index is -0.468. The summed E-state index contributed by atoms with van der Waals surface area (Å²) in [5, 5.41) is 2.70. The van der Waals surface area contributed by atoms with E-state index in [0.717, 1.165) is 16.7 Å². The first-order chi connectivity index (χ1) is 11.9. The summed E-state index contributed by atoms with van der Waals surface area (Å²) >= 11 is 0. The molecule has 0 aliphatic carbocycles. The zero-order valence-electron chi connectivity index (χ0n) is 15.0. The number of carbonyl (C=O) groups is 2. The number of rotatable bonds is 6. The normalized spacial score (nSPS) is 10.2. The fourth-order valence-corrected chi connectivity index (χ4v) is 2.46. The Morgan fingerprint density at radius 1 is 1.08 bits per heavy atom. The van der Waals surface area contributed by atoms with Gasteiger partial charge in [-0.3, -0.25) is 4.79 Å². The molecule has 0 heterocycles. The summed E-state index contributed by atoms with van der Waals surface area (Å²) in [5.74, 6) is -0.119. The van der Waals surface area contributed by atoms with E-state index in [2.05, 4.69) is 11.4 Å². The molecule has 0 atom stereocenters. The number of para-hydroxylation sites is 1. The third kappa shape index (κ3) is 4.83. The monoisotopic (exact) mass is 341 g/mol. The van der Waals surface area contributed by atoms with Crippen molar-refractivity contribution in [2.24, 2.45) is 0 Å². The van der Waals surface area contributed by atoms with Crippen molar-refractivity contribution in [1.29, 1.82) is 0 Å². The number of anilines is 1. The molecule has 0 aromatic heterocycles.